The lowest BCUT2D eigenvalue weighted by Crippen LogP contribution is -2.34. The molecule has 130 valence electrons. The van der Waals surface area contributed by atoms with Gasteiger partial charge in [0.2, 0.25) is 5.91 Å². The molecule has 0 spiro atoms. The Kier molecular flexibility index (Phi) is 5.39. The number of aromatic amines is 1. The molecular weight excluding hydrogens is 368 g/mol. The first kappa shape index (κ1) is 17.1. The SMILES string of the molecule is O=C(CSc1c[nH]c2ccccc12)N1CCS[C@H](c2cccs2)CC1. The second-order valence-electron chi connectivity index (χ2n) is 6.03. The molecule has 1 saturated heterocycles. The third-order valence-corrected chi connectivity index (χ3v) is 7.94. The number of amides is 1. The lowest BCUT2D eigenvalue weighted by atomic mass is 10.2. The van der Waals surface area contributed by atoms with Crippen LogP contribution >= 0.6 is 34.9 Å². The fourth-order valence-corrected chi connectivity index (χ4v) is 6.29. The van der Waals surface area contributed by atoms with E-state index in [4.69, 9.17) is 0 Å². The number of carbonyl (C=O) groups is 1. The molecule has 25 heavy (non-hydrogen) atoms. The van der Waals surface area contributed by atoms with Crippen LogP contribution in [0.15, 0.2) is 52.9 Å². The Bertz CT molecular complexity index is 843. The van der Waals surface area contributed by atoms with E-state index >= 15 is 0 Å². The summed E-state index contributed by atoms with van der Waals surface area (Å²) in [6.07, 6.45) is 3.06. The Hall–Kier alpha value is -1.37. The zero-order valence-corrected chi connectivity index (χ0v) is 16.3. The molecule has 3 heterocycles. The highest BCUT2D eigenvalue weighted by molar-refractivity contribution is 8.00. The van der Waals surface area contributed by atoms with E-state index in [1.807, 2.05) is 46.3 Å². The number of rotatable bonds is 4. The highest BCUT2D eigenvalue weighted by atomic mass is 32.2. The van der Waals surface area contributed by atoms with E-state index in [1.54, 1.807) is 11.8 Å². The summed E-state index contributed by atoms with van der Waals surface area (Å²) in [6.45, 7) is 1.72. The molecule has 4 rings (SSSR count). The number of aromatic nitrogens is 1. The molecule has 3 nitrogen and oxygen atoms in total. The van der Waals surface area contributed by atoms with Gasteiger partial charge in [0, 0.05) is 51.0 Å². The Morgan fingerprint density at radius 2 is 2.16 bits per heavy atom. The number of thiophene rings is 1. The fourth-order valence-electron chi connectivity index (χ4n) is 3.12. The first-order valence-electron chi connectivity index (χ1n) is 8.43. The Balaban J connectivity index is 1.35. The van der Waals surface area contributed by atoms with Crippen LogP contribution in [0.3, 0.4) is 0 Å². The number of hydrogen-bond donors (Lipinski definition) is 1. The van der Waals surface area contributed by atoms with Crippen LogP contribution in [0, 0.1) is 0 Å². The number of benzene rings is 1. The predicted octanol–water partition coefficient (Wildman–Crippen LogP) is 5.03. The van der Waals surface area contributed by atoms with E-state index in [-0.39, 0.29) is 5.91 Å². The number of nitrogens with zero attached hydrogens (tertiary/aromatic N) is 1. The van der Waals surface area contributed by atoms with Crippen molar-refractivity contribution in [1.29, 1.82) is 0 Å². The molecular formula is C19H20N2OS3. The summed E-state index contributed by atoms with van der Waals surface area (Å²) in [4.78, 5) is 20.6. The van der Waals surface area contributed by atoms with Gasteiger partial charge in [-0.05, 0) is 23.9 Å². The van der Waals surface area contributed by atoms with E-state index in [9.17, 15) is 4.79 Å². The van der Waals surface area contributed by atoms with Gasteiger partial charge in [-0.15, -0.1) is 23.1 Å². The summed E-state index contributed by atoms with van der Waals surface area (Å²) in [6, 6.07) is 12.6. The first-order chi connectivity index (χ1) is 12.3. The summed E-state index contributed by atoms with van der Waals surface area (Å²) < 4.78 is 0. The molecule has 0 unspecified atom stereocenters. The Morgan fingerprint density at radius 3 is 3.04 bits per heavy atom. The van der Waals surface area contributed by atoms with Crippen molar-refractivity contribution in [1.82, 2.24) is 9.88 Å². The molecule has 0 saturated carbocycles. The van der Waals surface area contributed by atoms with Crippen LogP contribution in [-0.2, 0) is 4.79 Å². The monoisotopic (exact) mass is 388 g/mol. The van der Waals surface area contributed by atoms with Gasteiger partial charge in [0.05, 0.1) is 5.75 Å². The fraction of sp³-hybridized carbons (Fsp3) is 0.316. The molecule has 1 fully saturated rings. The van der Waals surface area contributed by atoms with E-state index in [1.165, 1.54) is 10.3 Å². The standard InChI is InChI=1S/C19H20N2OS3/c22-19(13-25-18-12-20-15-5-2-1-4-14(15)18)21-8-7-17(24-11-9-21)16-6-3-10-23-16/h1-6,10,12,17,20H,7-9,11,13H2/t17-/m0/s1. The molecule has 2 aromatic heterocycles. The number of fused-ring (bicyclic) bond motifs is 1. The maximum atomic E-state index is 12.7. The van der Waals surface area contributed by atoms with Crippen molar-refractivity contribution in [3.63, 3.8) is 0 Å². The molecule has 1 aliphatic heterocycles. The average molecular weight is 389 g/mol. The van der Waals surface area contributed by atoms with Gasteiger partial charge < -0.3 is 9.88 Å². The Labute approximate surface area is 160 Å². The van der Waals surface area contributed by atoms with E-state index in [2.05, 4.69) is 34.6 Å². The summed E-state index contributed by atoms with van der Waals surface area (Å²) in [5.41, 5.74) is 1.13. The zero-order valence-electron chi connectivity index (χ0n) is 13.8. The normalized spacial score (nSPS) is 18.4. The predicted molar refractivity (Wildman–Crippen MR) is 110 cm³/mol. The van der Waals surface area contributed by atoms with Crippen LogP contribution in [0.5, 0.6) is 0 Å². The maximum Gasteiger partial charge on any atom is 0.232 e. The Morgan fingerprint density at radius 1 is 1.24 bits per heavy atom. The molecule has 1 aliphatic rings. The van der Waals surface area contributed by atoms with Crippen molar-refractivity contribution < 1.29 is 4.79 Å². The third-order valence-electron chi connectivity index (χ3n) is 4.46. The summed E-state index contributed by atoms with van der Waals surface area (Å²) in [5.74, 6) is 1.78. The minimum Gasteiger partial charge on any atom is -0.360 e. The van der Waals surface area contributed by atoms with Crippen LogP contribution in [0.4, 0.5) is 0 Å². The van der Waals surface area contributed by atoms with Crippen molar-refractivity contribution in [2.75, 3.05) is 24.6 Å². The quantitative estimate of drug-likeness (QED) is 0.637. The molecule has 1 N–H and O–H groups in total. The highest BCUT2D eigenvalue weighted by Crippen LogP contribution is 2.37. The second-order valence-corrected chi connectivity index (χ2v) is 9.34. The van der Waals surface area contributed by atoms with Crippen molar-refractivity contribution in [2.45, 2.75) is 16.6 Å². The van der Waals surface area contributed by atoms with Gasteiger partial charge in [-0.3, -0.25) is 4.79 Å². The van der Waals surface area contributed by atoms with Gasteiger partial charge in [0.25, 0.3) is 0 Å². The van der Waals surface area contributed by atoms with E-state index in [0.717, 1.165) is 35.7 Å². The van der Waals surface area contributed by atoms with E-state index in [0.29, 0.717) is 11.0 Å². The zero-order chi connectivity index (χ0) is 17.1. The minimum absolute atomic E-state index is 0.253. The van der Waals surface area contributed by atoms with Crippen LogP contribution < -0.4 is 0 Å². The van der Waals surface area contributed by atoms with Gasteiger partial charge in [0.1, 0.15) is 0 Å². The molecule has 1 amide bonds. The molecule has 6 heteroatoms. The van der Waals surface area contributed by atoms with Crippen molar-refractivity contribution in [3.05, 3.63) is 52.9 Å². The smallest absolute Gasteiger partial charge is 0.232 e. The summed E-state index contributed by atoms with van der Waals surface area (Å²) >= 11 is 5.45. The van der Waals surface area contributed by atoms with Crippen molar-refractivity contribution in [2.24, 2.45) is 0 Å². The highest BCUT2D eigenvalue weighted by Gasteiger charge is 2.22. The lowest BCUT2D eigenvalue weighted by Gasteiger charge is -2.20. The third kappa shape index (κ3) is 3.91. The van der Waals surface area contributed by atoms with Crippen LogP contribution in [0.2, 0.25) is 0 Å². The first-order valence-corrected chi connectivity index (χ1v) is 11.3. The molecule has 0 bridgehead atoms. The molecule has 1 aromatic carbocycles. The number of para-hydroxylation sites is 1. The number of carbonyl (C=O) groups excluding carboxylic acids is 1. The van der Waals surface area contributed by atoms with Gasteiger partial charge in [-0.25, -0.2) is 0 Å². The number of hydrogen-bond acceptors (Lipinski definition) is 4. The topological polar surface area (TPSA) is 36.1 Å². The minimum atomic E-state index is 0.253. The van der Waals surface area contributed by atoms with Gasteiger partial charge in [-0.2, -0.15) is 11.8 Å². The average Bonchev–Trinajstić information content (AvgIpc) is 3.25. The summed E-state index contributed by atoms with van der Waals surface area (Å²) in [5, 5.41) is 3.88. The van der Waals surface area contributed by atoms with E-state index < -0.39 is 0 Å². The van der Waals surface area contributed by atoms with Gasteiger partial charge in [0.15, 0.2) is 0 Å². The van der Waals surface area contributed by atoms with Gasteiger partial charge in [-0.1, -0.05) is 24.3 Å². The number of H-pyrrole nitrogens is 1. The second kappa shape index (κ2) is 7.89. The largest absolute Gasteiger partial charge is 0.360 e. The van der Waals surface area contributed by atoms with Gasteiger partial charge >= 0.3 is 0 Å². The van der Waals surface area contributed by atoms with Crippen LogP contribution in [0.1, 0.15) is 16.5 Å². The lowest BCUT2D eigenvalue weighted by molar-refractivity contribution is -0.128. The van der Waals surface area contributed by atoms with Crippen LogP contribution in [-0.4, -0.2) is 40.4 Å². The molecule has 0 aliphatic carbocycles. The number of thioether (sulfide) groups is 2. The van der Waals surface area contributed by atoms with Crippen molar-refractivity contribution >= 4 is 51.7 Å². The molecule has 0 radical (unpaired) electrons. The van der Waals surface area contributed by atoms with Crippen LogP contribution in [0.25, 0.3) is 10.9 Å². The summed E-state index contributed by atoms with van der Waals surface area (Å²) in [7, 11) is 0. The molecule has 3 aromatic rings. The number of nitrogens with one attached hydrogen (secondary N) is 1. The van der Waals surface area contributed by atoms with Crippen molar-refractivity contribution in [3.8, 4) is 0 Å². The maximum absolute atomic E-state index is 12.7. The molecule has 1 atom stereocenters.